The highest BCUT2D eigenvalue weighted by atomic mass is 16.5. The molecule has 0 fully saturated rings. The van der Waals surface area contributed by atoms with Crippen LogP contribution in [0.1, 0.15) is 22.8 Å². The van der Waals surface area contributed by atoms with E-state index in [-0.39, 0.29) is 5.78 Å². The highest BCUT2D eigenvalue weighted by molar-refractivity contribution is 5.97. The second-order valence-corrected chi connectivity index (χ2v) is 4.02. The minimum Gasteiger partial charge on any atom is -0.455 e. The van der Waals surface area contributed by atoms with E-state index in [0.29, 0.717) is 28.3 Å². The van der Waals surface area contributed by atoms with E-state index in [1.807, 2.05) is 6.07 Å². The molecule has 94 valence electrons. The van der Waals surface area contributed by atoms with Crippen molar-refractivity contribution in [3.05, 3.63) is 53.6 Å². The fraction of sp³-hybridized carbons (Fsp3) is 0.0667. The molecule has 4 nitrogen and oxygen atoms in total. The van der Waals surface area contributed by atoms with E-state index in [1.54, 1.807) is 42.5 Å². The molecule has 0 spiro atoms. The molecule has 0 atom stereocenters. The molecule has 2 rings (SSSR count). The predicted molar refractivity (Wildman–Crippen MR) is 72.1 cm³/mol. The minimum atomic E-state index is -0.142. The number of nitrogen functional groups attached to an aromatic ring is 1. The van der Waals surface area contributed by atoms with Crippen LogP contribution in [0.5, 0.6) is 11.5 Å². The van der Waals surface area contributed by atoms with Gasteiger partial charge in [0.15, 0.2) is 5.78 Å². The maximum atomic E-state index is 11.6. The van der Waals surface area contributed by atoms with Crippen molar-refractivity contribution >= 4 is 11.5 Å². The fourth-order valence-corrected chi connectivity index (χ4v) is 1.68. The highest BCUT2D eigenvalue weighted by Gasteiger charge is 2.11. The smallest absolute Gasteiger partial charge is 0.163 e. The molecule has 0 aliphatic heterocycles. The molecule has 0 bridgehead atoms. The van der Waals surface area contributed by atoms with Crippen LogP contribution >= 0.6 is 0 Å². The Hall–Kier alpha value is -2.80. The molecule has 0 heterocycles. The molecule has 2 aromatic rings. The molecule has 0 unspecified atom stereocenters. The zero-order valence-electron chi connectivity index (χ0n) is 10.4. The number of hydrogen-bond acceptors (Lipinski definition) is 4. The van der Waals surface area contributed by atoms with Crippen molar-refractivity contribution in [1.82, 2.24) is 0 Å². The number of para-hydroxylation sites is 1. The number of hydrogen-bond donors (Lipinski definition) is 1. The predicted octanol–water partition coefficient (Wildman–Crippen LogP) is 3.14. The molecule has 4 heteroatoms. The zero-order valence-corrected chi connectivity index (χ0v) is 10.4. The van der Waals surface area contributed by atoms with Crippen LogP contribution in [0.25, 0.3) is 0 Å². The number of Topliss-reactive ketones (excluding diaryl/α,β-unsaturated/α-hetero) is 1. The van der Waals surface area contributed by atoms with Gasteiger partial charge in [0.05, 0.1) is 11.1 Å². The van der Waals surface area contributed by atoms with Crippen molar-refractivity contribution in [2.45, 2.75) is 6.92 Å². The van der Waals surface area contributed by atoms with E-state index in [1.165, 1.54) is 6.92 Å². The Morgan fingerprint density at radius 3 is 2.63 bits per heavy atom. The van der Waals surface area contributed by atoms with Crippen molar-refractivity contribution in [3.8, 4) is 17.6 Å². The lowest BCUT2D eigenvalue weighted by Gasteiger charge is -2.11. The summed E-state index contributed by atoms with van der Waals surface area (Å²) in [5.41, 5.74) is 6.95. The highest BCUT2D eigenvalue weighted by Crippen LogP contribution is 2.29. The fourth-order valence-electron chi connectivity index (χ4n) is 1.68. The Bertz CT molecular complexity index is 672. The average Bonchev–Trinajstić information content (AvgIpc) is 2.41. The molecular weight excluding hydrogens is 240 g/mol. The summed E-state index contributed by atoms with van der Waals surface area (Å²) < 4.78 is 5.65. The van der Waals surface area contributed by atoms with Crippen LogP contribution < -0.4 is 10.5 Å². The quantitative estimate of drug-likeness (QED) is 0.672. The van der Waals surface area contributed by atoms with Crippen LogP contribution in [0, 0.1) is 11.3 Å². The Morgan fingerprint density at radius 2 is 1.95 bits per heavy atom. The van der Waals surface area contributed by atoms with Gasteiger partial charge in [-0.25, -0.2) is 0 Å². The van der Waals surface area contributed by atoms with Crippen LogP contribution in [0.15, 0.2) is 42.5 Å². The van der Waals surface area contributed by atoms with E-state index in [9.17, 15) is 4.79 Å². The number of carbonyl (C=O) groups excluding carboxylic acids is 1. The standard InChI is InChI=1S/C15H12N2O2/c1-10(18)13-8-12(17)6-7-15(13)19-14-5-3-2-4-11(14)9-16/h2-8H,17H2,1H3. The number of nitrogens with two attached hydrogens (primary N) is 1. The summed E-state index contributed by atoms with van der Waals surface area (Å²) in [5, 5.41) is 9.00. The first kappa shape index (κ1) is 12.7. The summed E-state index contributed by atoms with van der Waals surface area (Å²) in [4.78, 5) is 11.6. The van der Waals surface area contributed by atoms with Crippen molar-refractivity contribution in [3.63, 3.8) is 0 Å². The van der Waals surface area contributed by atoms with Gasteiger partial charge in [0.25, 0.3) is 0 Å². The Balaban J connectivity index is 2.44. The van der Waals surface area contributed by atoms with Crippen LogP contribution in [-0.4, -0.2) is 5.78 Å². The average molecular weight is 252 g/mol. The first-order chi connectivity index (χ1) is 9.11. The molecule has 0 saturated heterocycles. The minimum absolute atomic E-state index is 0.142. The molecule has 0 saturated carbocycles. The van der Waals surface area contributed by atoms with Gasteiger partial charge in [0, 0.05) is 5.69 Å². The van der Waals surface area contributed by atoms with Gasteiger partial charge in [-0.2, -0.15) is 5.26 Å². The topological polar surface area (TPSA) is 76.1 Å². The number of ketones is 1. The number of carbonyl (C=O) groups is 1. The van der Waals surface area contributed by atoms with E-state index in [4.69, 9.17) is 15.7 Å². The second-order valence-electron chi connectivity index (χ2n) is 4.02. The number of nitrogens with zero attached hydrogens (tertiary/aromatic N) is 1. The maximum Gasteiger partial charge on any atom is 0.163 e. The molecule has 0 radical (unpaired) electrons. The zero-order chi connectivity index (χ0) is 13.8. The van der Waals surface area contributed by atoms with Gasteiger partial charge in [-0.15, -0.1) is 0 Å². The normalized spacial score (nSPS) is 9.68. The van der Waals surface area contributed by atoms with Crippen molar-refractivity contribution < 1.29 is 9.53 Å². The van der Waals surface area contributed by atoms with E-state index < -0.39 is 0 Å². The number of anilines is 1. The molecule has 0 aromatic heterocycles. The summed E-state index contributed by atoms with van der Waals surface area (Å²) in [6.45, 7) is 1.44. The maximum absolute atomic E-state index is 11.6. The largest absolute Gasteiger partial charge is 0.455 e. The van der Waals surface area contributed by atoms with Crippen molar-refractivity contribution in [2.75, 3.05) is 5.73 Å². The molecule has 2 aromatic carbocycles. The van der Waals surface area contributed by atoms with Gasteiger partial charge in [-0.1, -0.05) is 12.1 Å². The Kier molecular flexibility index (Phi) is 3.48. The van der Waals surface area contributed by atoms with Crippen LogP contribution in [0.2, 0.25) is 0 Å². The van der Waals surface area contributed by atoms with E-state index in [0.717, 1.165) is 0 Å². The summed E-state index contributed by atoms with van der Waals surface area (Å²) in [7, 11) is 0. The van der Waals surface area contributed by atoms with Gasteiger partial charge in [-0.3, -0.25) is 4.79 Å². The molecule has 0 aliphatic carbocycles. The third kappa shape index (κ3) is 2.72. The van der Waals surface area contributed by atoms with Gasteiger partial charge in [0.1, 0.15) is 17.6 Å². The Morgan fingerprint density at radius 1 is 1.21 bits per heavy atom. The summed E-state index contributed by atoms with van der Waals surface area (Å²) >= 11 is 0. The van der Waals surface area contributed by atoms with Gasteiger partial charge >= 0.3 is 0 Å². The lowest BCUT2D eigenvalue weighted by molar-refractivity contribution is 0.101. The van der Waals surface area contributed by atoms with E-state index in [2.05, 4.69) is 0 Å². The van der Waals surface area contributed by atoms with Gasteiger partial charge in [-0.05, 0) is 37.3 Å². The van der Waals surface area contributed by atoms with Gasteiger partial charge in [0.2, 0.25) is 0 Å². The lowest BCUT2D eigenvalue weighted by atomic mass is 10.1. The Labute approximate surface area is 111 Å². The number of nitriles is 1. The summed E-state index contributed by atoms with van der Waals surface area (Å²) in [6, 6.07) is 13.7. The van der Waals surface area contributed by atoms with Crippen LogP contribution in [-0.2, 0) is 0 Å². The van der Waals surface area contributed by atoms with Crippen LogP contribution in [0.4, 0.5) is 5.69 Å². The molecule has 0 amide bonds. The third-order valence-corrected chi connectivity index (χ3v) is 2.61. The summed E-state index contributed by atoms with van der Waals surface area (Å²) in [6.07, 6.45) is 0. The summed E-state index contributed by atoms with van der Waals surface area (Å²) in [5.74, 6) is 0.665. The lowest BCUT2D eigenvalue weighted by Crippen LogP contribution is -1.99. The molecule has 0 aliphatic rings. The SMILES string of the molecule is CC(=O)c1cc(N)ccc1Oc1ccccc1C#N. The first-order valence-electron chi connectivity index (χ1n) is 5.69. The molecular formula is C15H12N2O2. The molecule has 2 N–H and O–H groups in total. The second kappa shape index (κ2) is 5.23. The first-order valence-corrected chi connectivity index (χ1v) is 5.69. The monoisotopic (exact) mass is 252 g/mol. The molecule has 19 heavy (non-hydrogen) atoms. The number of rotatable bonds is 3. The van der Waals surface area contributed by atoms with Crippen molar-refractivity contribution in [2.24, 2.45) is 0 Å². The van der Waals surface area contributed by atoms with E-state index >= 15 is 0 Å². The number of ether oxygens (including phenoxy) is 1. The van der Waals surface area contributed by atoms with Crippen molar-refractivity contribution in [1.29, 1.82) is 5.26 Å². The number of benzene rings is 2. The van der Waals surface area contributed by atoms with Gasteiger partial charge < -0.3 is 10.5 Å². The third-order valence-electron chi connectivity index (χ3n) is 2.61. The van der Waals surface area contributed by atoms with Crippen LogP contribution in [0.3, 0.4) is 0 Å².